The fourth-order valence-corrected chi connectivity index (χ4v) is 0.262. The maximum atomic E-state index is 10.2. The minimum absolute atomic E-state index is 0.227. The Labute approximate surface area is 83.2 Å². The lowest BCUT2D eigenvalue weighted by molar-refractivity contribution is -0.137. The summed E-state index contributed by atoms with van der Waals surface area (Å²) in [7, 11) is 0.814. The predicted octanol–water partition coefficient (Wildman–Crippen LogP) is 0.644. The minimum atomic E-state index is -0.341. The fraction of sp³-hybridized carbons (Fsp3) is 0.667. The van der Waals surface area contributed by atoms with Crippen LogP contribution in [-0.2, 0) is 14.6 Å². The number of rotatable bonds is 4. The minimum Gasteiger partial charge on any atom is -0.463 e. The molecule has 13 heavy (non-hydrogen) atoms. The van der Waals surface area contributed by atoms with E-state index in [1.807, 2.05) is 13.8 Å². The van der Waals surface area contributed by atoms with Crippen molar-refractivity contribution in [2.75, 3.05) is 6.61 Å². The first kappa shape index (κ1) is 14.9. The van der Waals surface area contributed by atoms with Crippen LogP contribution in [0.1, 0.15) is 26.7 Å². The normalized spacial score (nSPS) is 11.0. The standard InChI is InChI=1S/C6H10O2.C3H9OSi/c1-3-5-8-6(7)4-2;1-2-3(4)5/h4H,2-3,5H2,1H3;3H,2H2,1,5H3. The van der Waals surface area contributed by atoms with Gasteiger partial charge in [-0.1, -0.05) is 20.4 Å². The van der Waals surface area contributed by atoms with Crippen molar-refractivity contribution in [1.29, 1.82) is 0 Å². The Kier molecular flexibility index (Phi) is 13.0. The van der Waals surface area contributed by atoms with E-state index in [1.54, 1.807) is 0 Å². The Morgan fingerprint density at radius 2 is 2.08 bits per heavy atom. The van der Waals surface area contributed by atoms with Crippen LogP contribution in [0.4, 0.5) is 0 Å². The van der Waals surface area contributed by atoms with Gasteiger partial charge in [0.05, 0.1) is 12.3 Å². The van der Waals surface area contributed by atoms with E-state index in [9.17, 15) is 9.90 Å². The maximum absolute atomic E-state index is 10.2. The van der Waals surface area contributed by atoms with Crippen LogP contribution in [0, 0.1) is 0 Å². The molecule has 0 heterocycles. The van der Waals surface area contributed by atoms with Gasteiger partial charge in [0.15, 0.2) is 0 Å². The first-order valence-electron chi connectivity index (χ1n) is 4.53. The summed E-state index contributed by atoms with van der Waals surface area (Å²) in [5.41, 5.74) is -0.227. The van der Waals surface area contributed by atoms with E-state index in [1.165, 1.54) is 0 Å². The lowest BCUT2D eigenvalue weighted by Gasteiger charge is -1.94. The van der Waals surface area contributed by atoms with Crippen molar-refractivity contribution in [3.05, 3.63) is 12.7 Å². The molecule has 0 aromatic heterocycles. The van der Waals surface area contributed by atoms with Gasteiger partial charge in [-0.3, -0.25) is 0 Å². The second-order valence-corrected chi connectivity index (χ2v) is 3.88. The average Bonchev–Trinajstić information content (AvgIpc) is 2.15. The Morgan fingerprint density at radius 3 is 2.31 bits per heavy atom. The third kappa shape index (κ3) is 18.4. The number of hydrogen-bond acceptors (Lipinski definition) is 2. The lowest BCUT2D eigenvalue weighted by Crippen LogP contribution is -1.99. The summed E-state index contributed by atoms with van der Waals surface area (Å²) in [6.45, 7) is 7.59. The van der Waals surface area contributed by atoms with Crippen LogP contribution in [0.15, 0.2) is 12.7 Å². The highest BCUT2D eigenvalue weighted by atomic mass is 28.1. The molecule has 4 heteroatoms. The topological polar surface area (TPSA) is 46.2 Å². The molecule has 3 nitrogen and oxygen atoms in total. The highest BCUT2D eigenvalue weighted by Gasteiger charge is 1.89. The van der Waals surface area contributed by atoms with Gasteiger partial charge in [-0.25, -0.2) is 9.90 Å². The van der Waals surface area contributed by atoms with Crippen LogP contribution in [0.3, 0.4) is 0 Å². The second kappa shape index (κ2) is 11.4. The maximum Gasteiger partial charge on any atom is 0.330 e. The van der Waals surface area contributed by atoms with Crippen LogP contribution in [0.2, 0.25) is 0 Å². The van der Waals surface area contributed by atoms with Gasteiger partial charge < -0.3 is 4.74 Å². The van der Waals surface area contributed by atoms with E-state index in [2.05, 4.69) is 11.3 Å². The van der Waals surface area contributed by atoms with Gasteiger partial charge in [0.25, 0.3) is 0 Å². The molecule has 0 saturated heterocycles. The van der Waals surface area contributed by atoms with Gasteiger partial charge in [-0.2, -0.15) is 0 Å². The Hall–Kier alpha value is -0.613. The van der Waals surface area contributed by atoms with Crippen molar-refractivity contribution < 1.29 is 14.6 Å². The zero-order valence-corrected chi connectivity index (χ0v) is 10.7. The van der Waals surface area contributed by atoms with Crippen LogP contribution in [0.5, 0.6) is 0 Å². The van der Waals surface area contributed by atoms with Crippen molar-refractivity contribution in [3.63, 3.8) is 0 Å². The predicted molar refractivity (Wildman–Crippen MR) is 56.2 cm³/mol. The van der Waals surface area contributed by atoms with Crippen molar-refractivity contribution >= 4 is 16.2 Å². The van der Waals surface area contributed by atoms with E-state index >= 15 is 0 Å². The zero-order valence-electron chi connectivity index (χ0n) is 8.71. The molecule has 0 aromatic carbocycles. The molecular weight excluding hydrogens is 184 g/mol. The van der Waals surface area contributed by atoms with Gasteiger partial charge in [0, 0.05) is 16.3 Å². The first-order chi connectivity index (χ1) is 6.08. The second-order valence-electron chi connectivity index (χ2n) is 2.59. The largest absolute Gasteiger partial charge is 0.463 e. The molecule has 0 fully saturated rings. The van der Waals surface area contributed by atoms with Gasteiger partial charge in [0.2, 0.25) is 0 Å². The summed E-state index contributed by atoms with van der Waals surface area (Å²) in [6, 6.07) is 0. The molecule has 0 aliphatic rings. The van der Waals surface area contributed by atoms with Crippen LogP contribution >= 0.6 is 0 Å². The van der Waals surface area contributed by atoms with Crippen LogP contribution < -0.4 is 0 Å². The molecule has 0 bridgehead atoms. The van der Waals surface area contributed by atoms with Crippen LogP contribution in [0.25, 0.3) is 0 Å². The molecule has 1 atom stereocenters. The van der Waals surface area contributed by atoms with Gasteiger partial charge in [0.1, 0.15) is 0 Å². The average molecular weight is 203 g/mol. The van der Waals surface area contributed by atoms with E-state index < -0.39 is 0 Å². The van der Waals surface area contributed by atoms with E-state index in [0.717, 1.165) is 29.2 Å². The molecule has 1 unspecified atom stereocenters. The molecule has 0 aliphatic carbocycles. The molecular formula is C9H19O3Si. The number of esters is 1. The van der Waals surface area contributed by atoms with Gasteiger partial charge >= 0.3 is 5.97 Å². The first-order valence-corrected chi connectivity index (χ1v) is 5.68. The molecule has 1 radical (unpaired) electrons. The quantitative estimate of drug-likeness (QED) is 0.382. The van der Waals surface area contributed by atoms with Gasteiger partial charge in [-0.15, -0.1) is 0 Å². The van der Waals surface area contributed by atoms with E-state index in [4.69, 9.17) is 0 Å². The molecule has 0 N–H and O–H groups in total. The summed E-state index contributed by atoms with van der Waals surface area (Å²) in [5.74, 6) is -0.341. The smallest absolute Gasteiger partial charge is 0.330 e. The SMILES string of the molecule is C=CC(=O)OCCC.CCC([O])[SiH3]. The van der Waals surface area contributed by atoms with Gasteiger partial charge in [-0.05, 0) is 12.8 Å². The summed E-state index contributed by atoms with van der Waals surface area (Å²) in [5, 5.41) is 9.96. The monoisotopic (exact) mass is 203 g/mol. The van der Waals surface area contributed by atoms with Crippen molar-refractivity contribution in [2.24, 2.45) is 0 Å². The highest BCUT2D eigenvalue weighted by molar-refractivity contribution is 6.10. The Balaban J connectivity index is 0. The number of carbonyl (C=O) groups excluding carboxylic acids is 1. The molecule has 77 valence electrons. The van der Waals surface area contributed by atoms with E-state index in [-0.39, 0.29) is 11.7 Å². The summed E-state index contributed by atoms with van der Waals surface area (Å²) < 4.78 is 4.58. The molecule has 0 spiro atoms. The summed E-state index contributed by atoms with van der Waals surface area (Å²) in [6.07, 6.45) is 2.83. The highest BCUT2D eigenvalue weighted by Crippen LogP contribution is 1.81. The number of carbonyl (C=O) groups is 1. The van der Waals surface area contributed by atoms with E-state index in [0.29, 0.717) is 6.61 Å². The molecule has 0 amide bonds. The summed E-state index contributed by atoms with van der Waals surface area (Å²) in [4.78, 5) is 10.2. The fourth-order valence-electron chi connectivity index (χ4n) is 0.262. The van der Waals surface area contributed by atoms with Crippen molar-refractivity contribution in [1.82, 2.24) is 0 Å². The molecule has 0 rings (SSSR count). The number of ether oxygens (including phenoxy) is 1. The van der Waals surface area contributed by atoms with Crippen molar-refractivity contribution in [3.8, 4) is 0 Å². The lowest BCUT2D eigenvalue weighted by atomic mass is 10.5. The number of hydrogen-bond donors (Lipinski definition) is 0. The molecule has 0 aliphatic heterocycles. The zero-order chi connectivity index (χ0) is 10.7. The molecule has 0 aromatic rings. The third-order valence-corrected chi connectivity index (χ3v) is 2.01. The Bertz CT molecular complexity index is 135. The van der Waals surface area contributed by atoms with Crippen LogP contribution in [-0.4, -0.2) is 28.5 Å². The summed E-state index contributed by atoms with van der Waals surface area (Å²) >= 11 is 0. The Morgan fingerprint density at radius 1 is 1.62 bits per heavy atom. The molecule has 0 saturated carbocycles. The third-order valence-electron chi connectivity index (χ3n) is 1.19. The van der Waals surface area contributed by atoms with Crippen molar-refractivity contribution in [2.45, 2.75) is 32.4 Å².